The molecule has 0 bridgehead atoms. The number of carbonyl (C=O) groups is 1. The Morgan fingerprint density at radius 3 is 2.18 bits per heavy atom. The normalized spacial score (nSPS) is 10.9. The summed E-state index contributed by atoms with van der Waals surface area (Å²) in [6.45, 7) is 2.79. The Morgan fingerprint density at radius 2 is 1.44 bits per heavy atom. The lowest BCUT2D eigenvalue weighted by molar-refractivity contribution is 0.0950. The molecular formula is C32H29N3O4. The van der Waals surface area contributed by atoms with Crippen LogP contribution in [0.25, 0.3) is 10.9 Å². The lowest BCUT2D eigenvalue weighted by atomic mass is 10.1. The van der Waals surface area contributed by atoms with Crippen molar-refractivity contribution in [2.24, 2.45) is 0 Å². The summed E-state index contributed by atoms with van der Waals surface area (Å²) >= 11 is 0. The van der Waals surface area contributed by atoms with Crippen LogP contribution in [0.2, 0.25) is 0 Å². The number of aryl methyl sites for hydroxylation is 1. The lowest BCUT2D eigenvalue weighted by Crippen LogP contribution is -2.40. The molecule has 1 amide bonds. The molecule has 0 radical (unpaired) electrons. The summed E-state index contributed by atoms with van der Waals surface area (Å²) in [6, 6.07) is 29.5. The van der Waals surface area contributed by atoms with E-state index in [9.17, 15) is 14.4 Å². The van der Waals surface area contributed by atoms with E-state index in [1.165, 1.54) is 4.57 Å². The predicted octanol–water partition coefficient (Wildman–Crippen LogP) is 4.51. The third-order valence-corrected chi connectivity index (χ3v) is 6.91. The fraction of sp³-hybridized carbons (Fsp3) is 0.156. The van der Waals surface area contributed by atoms with Crippen molar-refractivity contribution in [1.29, 1.82) is 0 Å². The summed E-state index contributed by atoms with van der Waals surface area (Å²) < 4.78 is 8.26. The molecule has 0 unspecified atom stereocenters. The Balaban J connectivity index is 1.40. The van der Waals surface area contributed by atoms with Gasteiger partial charge < -0.3 is 10.1 Å². The third kappa shape index (κ3) is 5.38. The second-order valence-corrected chi connectivity index (χ2v) is 9.40. The number of hydrogen-bond donors (Lipinski definition) is 1. The van der Waals surface area contributed by atoms with Gasteiger partial charge in [-0.2, -0.15) is 0 Å². The van der Waals surface area contributed by atoms with Gasteiger partial charge in [0.2, 0.25) is 0 Å². The molecule has 0 aliphatic heterocycles. The molecule has 0 fully saturated rings. The van der Waals surface area contributed by atoms with Crippen molar-refractivity contribution in [1.82, 2.24) is 14.5 Å². The summed E-state index contributed by atoms with van der Waals surface area (Å²) in [6.07, 6.45) is 0. The molecule has 7 nitrogen and oxygen atoms in total. The van der Waals surface area contributed by atoms with E-state index in [1.807, 2.05) is 61.5 Å². The van der Waals surface area contributed by atoms with Gasteiger partial charge in [-0.05, 0) is 53.9 Å². The van der Waals surface area contributed by atoms with Crippen LogP contribution in [0.15, 0.2) is 107 Å². The summed E-state index contributed by atoms with van der Waals surface area (Å²) in [7, 11) is 1.59. The maximum Gasteiger partial charge on any atom is 0.332 e. The zero-order valence-corrected chi connectivity index (χ0v) is 21.9. The molecule has 0 aliphatic carbocycles. The number of amides is 1. The van der Waals surface area contributed by atoms with Crippen LogP contribution in [0.1, 0.15) is 32.6 Å². The fourth-order valence-corrected chi connectivity index (χ4v) is 4.69. The summed E-state index contributed by atoms with van der Waals surface area (Å²) in [5.41, 5.74) is 4.08. The fourth-order valence-electron chi connectivity index (χ4n) is 4.69. The molecule has 1 heterocycles. The largest absolute Gasteiger partial charge is 0.496 e. The minimum absolute atomic E-state index is 0.0966. The van der Waals surface area contributed by atoms with E-state index >= 15 is 0 Å². The van der Waals surface area contributed by atoms with Gasteiger partial charge in [0.15, 0.2) is 0 Å². The molecule has 0 saturated heterocycles. The molecular weight excluding hydrogens is 490 g/mol. The number of ether oxygens (including phenoxy) is 1. The molecule has 1 aromatic heterocycles. The number of nitrogens with one attached hydrogen (secondary N) is 1. The van der Waals surface area contributed by atoms with E-state index in [4.69, 9.17) is 4.74 Å². The van der Waals surface area contributed by atoms with Gasteiger partial charge in [0, 0.05) is 17.7 Å². The summed E-state index contributed by atoms with van der Waals surface area (Å²) in [4.78, 5) is 39.7. The van der Waals surface area contributed by atoms with E-state index in [1.54, 1.807) is 54.1 Å². The number of benzene rings is 4. The number of aromatic nitrogens is 2. The molecule has 1 N–H and O–H groups in total. The number of methoxy groups -OCH3 is 1. The Morgan fingerprint density at radius 1 is 0.769 bits per heavy atom. The Labute approximate surface area is 225 Å². The predicted molar refractivity (Wildman–Crippen MR) is 152 cm³/mol. The Hall–Kier alpha value is -4.91. The molecule has 39 heavy (non-hydrogen) atoms. The van der Waals surface area contributed by atoms with E-state index in [2.05, 4.69) is 5.32 Å². The third-order valence-electron chi connectivity index (χ3n) is 6.91. The van der Waals surface area contributed by atoms with Crippen molar-refractivity contribution in [2.75, 3.05) is 7.11 Å². The SMILES string of the molecule is COc1ccccc1CNC(=O)c1ccc(Cn2c(=O)c3ccccc3n(Cc3ccccc3C)c2=O)cc1. The smallest absolute Gasteiger partial charge is 0.332 e. The Bertz CT molecular complexity index is 1770. The topological polar surface area (TPSA) is 82.3 Å². The van der Waals surface area contributed by atoms with Gasteiger partial charge in [0.05, 0.1) is 31.1 Å². The number of para-hydroxylation sites is 2. The molecule has 0 saturated carbocycles. The number of hydrogen-bond acceptors (Lipinski definition) is 4. The average molecular weight is 520 g/mol. The number of fused-ring (bicyclic) bond motifs is 1. The monoisotopic (exact) mass is 519 g/mol. The zero-order chi connectivity index (χ0) is 27.4. The van der Waals surface area contributed by atoms with E-state index < -0.39 is 0 Å². The van der Waals surface area contributed by atoms with Crippen LogP contribution in [0.3, 0.4) is 0 Å². The van der Waals surface area contributed by atoms with Crippen molar-refractivity contribution in [3.05, 3.63) is 146 Å². The second kappa shape index (κ2) is 11.2. The van der Waals surface area contributed by atoms with E-state index in [0.717, 1.165) is 22.3 Å². The second-order valence-electron chi connectivity index (χ2n) is 9.40. The molecule has 5 aromatic rings. The molecule has 0 atom stereocenters. The van der Waals surface area contributed by atoms with Crippen LogP contribution in [0.5, 0.6) is 5.75 Å². The zero-order valence-electron chi connectivity index (χ0n) is 21.9. The first-order chi connectivity index (χ1) is 19.0. The standard InChI is InChI=1S/C32H29N3O4/c1-22-9-3-4-11-26(22)21-34-28-13-7-6-12-27(28)31(37)35(32(34)38)20-23-15-17-24(18-16-23)30(36)33-19-25-10-5-8-14-29(25)39-2/h3-18H,19-21H2,1-2H3,(H,33,36). The molecule has 5 rings (SSSR count). The van der Waals surface area contributed by atoms with Crippen molar-refractivity contribution >= 4 is 16.8 Å². The van der Waals surface area contributed by atoms with E-state index in [-0.39, 0.29) is 23.7 Å². The van der Waals surface area contributed by atoms with Gasteiger partial charge in [0.25, 0.3) is 11.5 Å². The quantitative estimate of drug-likeness (QED) is 0.327. The molecule has 0 spiro atoms. The van der Waals surface area contributed by atoms with E-state index in [0.29, 0.717) is 35.3 Å². The van der Waals surface area contributed by atoms with Crippen molar-refractivity contribution < 1.29 is 9.53 Å². The van der Waals surface area contributed by atoms with Crippen LogP contribution >= 0.6 is 0 Å². The average Bonchev–Trinajstić information content (AvgIpc) is 2.97. The highest BCUT2D eigenvalue weighted by Gasteiger charge is 2.15. The van der Waals surface area contributed by atoms with Crippen LogP contribution in [-0.4, -0.2) is 22.2 Å². The van der Waals surface area contributed by atoms with Crippen LogP contribution < -0.4 is 21.3 Å². The highest BCUT2D eigenvalue weighted by atomic mass is 16.5. The van der Waals surface area contributed by atoms with Crippen molar-refractivity contribution in [2.45, 2.75) is 26.6 Å². The maximum absolute atomic E-state index is 13.6. The first-order valence-electron chi connectivity index (χ1n) is 12.7. The lowest BCUT2D eigenvalue weighted by Gasteiger charge is -2.15. The summed E-state index contributed by atoms with van der Waals surface area (Å²) in [5.74, 6) is 0.484. The maximum atomic E-state index is 13.6. The first kappa shape index (κ1) is 25.7. The van der Waals surface area contributed by atoms with Gasteiger partial charge in [-0.25, -0.2) is 4.79 Å². The van der Waals surface area contributed by atoms with Crippen LogP contribution in [-0.2, 0) is 19.6 Å². The van der Waals surface area contributed by atoms with Crippen LogP contribution in [0.4, 0.5) is 0 Å². The Kier molecular flexibility index (Phi) is 7.41. The minimum atomic E-state index is -0.374. The highest BCUT2D eigenvalue weighted by Crippen LogP contribution is 2.17. The highest BCUT2D eigenvalue weighted by molar-refractivity contribution is 5.94. The van der Waals surface area contributed by atoms with Gasteiger partial charge in [-0.15, -0.1) is 0 Å². The molecule has 196 valence electrons. The molecule has 0 aliphatic rings. The minimum Gasteiger partial charge on any atom is -0.496 e. The van der Waals surface area contributed by atoms with Gasteiger partial charge in [-0.3, -0.25) is 18.7 Å². The molecule has 4 aromatic carbocycles. The van der Waals surface area contributed by atoms with Gasteiger partial charge in [0.1, 0.15) is 5.75 Å². The number of rotatable bonds is 8. The first-order valence-corrected chi connectivity index (χ1v) is 12.7. The van der Waals surface area contributed by atoms with Crippen molar-refractivity contribution in [3.63, 3.8) is 0 Å². The number of nitrogens with zero attached hydrogens (tertiary/aromatic N) is 2. The summed E-state index contributed by atoms with van der Waals surface area (Å²) in [5, 5.41) is 3.39. The molecule has 7 heteroatoms. The van der Waals surface area contributed by atoms with Crippen molar-refractivity contribution in [3.8, 4) is 5.75 Å². The van der Waals surface area contributed by atoms with Crippen LogP contribution in [0, 0.1) is 6.92 Å². The van der Waals surface area contributed by atoms with Gasteiger partial charge in [-0.1, -0.05) is 66.7 Å². The van der Waals surface area contributed by atoms with Gasteiger partial charge >= 0.3 is 5.69 Å². The number of carbonyl (C=O) groups excluding carboxylic acids is 1.